The maximum Gasteiger partial charge on any atom is 0.374 e. The third kappa shape index (κ3) is 11.1. The van der Waals surface area contributed by atoms with E-state index < -0.39 is 24.7 Å². The van der Waals surface area contributed by atoms with E-state index in [4.69, 9.17) is 8.43 Å². The maximum atomic E-state index is 12.7. The van der Waals surface area contributed by atoms with Gasteiger partial charge in [0.05, 0.1) is 0 Å². The SMILES string of the molecule is C.C.C.C.C.C.C[Si](O)(OP(C)(=O)O[Si](C)(O)c1ccccc1)c1ccccc1. The largest absolute Gasteiger partial charge is 0.407 e. The summed E-state index contributed by atoms with van der Waals surface area (Å²) in [6.45, 7) is 4.34. The van der Waals surface area contributed by atoms with E-state index in [1.807, 2.05) is 12.1 Å². The van der Waals surface area contributed by atoms with Crippen molar-refractivity contribution < 1.29 is 22.6 Å². The van der Waals surface area contributed by atoms with E-state index in [2.05, 4.69) is 0 Å². The molecule has 2 unspecified atom stereocenters. The van der Waals surface area contributed by atoms with Crippen molar-refractivity contribution in [3.63, 3.8) is 0 Å². The molecule has 0 amide bonds. The predicted molar refractivity (Wildman–Crippen MR) is 136 cm³/mol. The fraction of sp³-hybridized carbons (Fsp3) is 0.429. The highest BCUT2D eigenvalue weighted by Crippen LogP contribution is 2.48. The lowest BCUT2D eigenvalue weighted by Crippen LogP contribution is -2.50. The average molecular weight is 465 g/mol. The molecule has 0 spiro atoms. The summed E-state index contributed by atoms with van der Waals surface area (Å²) in [7, 11) is -10.4. The summed E-state index contributed by atoms with van der Waals surface area (Å²) < 4.78 is 23.6. The minimum absolute atomic E-state index is 0. The van der Waals surface area contributed by atoms with Crippen LogP contribution in [0.25, 0.3) is 0 Å². The van der Waals surface area contributed by atoms with Crippen molar-refractivity contribution in [2.75, 3.05) is 6.66 Å². The first-order chi connectivity index (χ1) is 10.6. The number of rotatable bonds is 6. The van der Waals surface area contributed by atoms with Crippen molar-refractivity contribution in [1.82, 2.24) is 0 Å². The molecule has 0 aliphatic rings. The minimum Gasteiger partial charge on any atom is -0.407 e. The van der Waals surface area contributed by atoms with Crippen molar-refractivity contribution in [3.05, 3.63) is 60.7 Å². The predicted octanol–water partition coefficient (Wildman–Crippen LogP) is 5.60. The van der Waals surface area contributed by atoms with Gasteiger partial charge in [-0.25, -0.2) is 0 Å². The van der Waals surface area contributed by atoms with E-state index in [1.54, 1.807) is 48.5 Å². The Hall–Kier alpha value is -1.06. The molecule has 29 heavy (non-hydrogen) atoms. The summed E-state index contributed by atoms with van der Waals surface area (Å²) in [5.41, 5.74) is 0. The second-order valence-corrected chi connectivity index (χ2v) is 13.7. The van der Waals surface area contributed by atoms with Crippen LogP contribution in [0.2, 0.25) is 13.1 Å². The third-order valence-corrected chi connectivity index (χ3v) is 11.6. The van der Waals surface area contributed by atoms with E-state index in [9.17, 15) is 14.2 Å². The van der Waals surface area contributed by atoms with Gasteiger partial charge in [-0.3, -0.25) is 4.57 Å². The highest BCUT2D eigenvalue weighted by atomic mass is 31.2. The van der Waals surface area contributed by atoms with Gasteiger partial charge in [0.2, 0.25) is 0 Å². The van der Waals surface area contributed by atoms with Crippen LogP contribution in [0.3, 0.4) is 0 Å². The zero-order valence-electron chi connectivity index (χ0n) is 13.3. The zero-order chi connectivity index (χ0) is 17.1. The molecule has 2 aromatic rings. The van der Waals surface area contributed by atoms with Gasteiger partial charge in [-0.2, -0.15) is 0 Å². The lowest BCUT2D eigenvalue weighted by molar-refractivity contribution is 0.315. The Balaban J connectivity index is -0.000000320. The Morgan fingerprint density at radius 3 is 1.14 bits per heavy atom. The van der Waals surface area contributed by atoms with Gasteiger partial charge >= 0.3 is 24.7 Å². The Morgan fingerprint density at radius 2 is 0.897 bits per heavy atom. The first-order valence-corrected chi connectivity index (χ1v) is 13.9. The average Bonchev–Trinajstić information content (AvgIpc) is 2.47. The van der Waals surface area contributed by atoms with Gasteiger partial charge in [-0.05, 0) is 23.5 Å². The van der Waals surface area contributed by atoms with Crippen LogP contribution in [-0.2, 0) is 13.0 Å². The highest BCUT2D eigenvalue weighted by molar-refractivity contribution is 7.56. The second kappa shape index (κ2) is 14.9. The van der Waals surface area contributed by atoms with E-state index in [0.717, 1.165) is 0 Å². The van der Waals surface area contributed by atoms with Crippen LogP contribution in [0.5, 0.6) is 0 Å². The number of hydrogen-bond acceptors (Lipinski definition) is 5. The minimum atomic E-state index is -3.64. The molecule has 0 aromatic heterocycles. The quantitative estimate of drug-likeness (QED) is 0.430. The lowest BCUT2D eigenvalue weighted by Gasteiger charge is -2.29. The normalized spacial score (nSPS) is 15.3. The second-order valence-electron chi connectivity index (χ2n) is 5.65. The van der Waals surface area contributed by atoms with Gasteiger partial charge in [0, 0.05) is 6.66 Å². The van der Waals surface area contributed by atoms with Crippen LogP contribution in [0.1, 0.15) is 44.6 Å². The molecule has 0 aliphatic carbocycles. The van der Waals surface area contributed by atoms with Gasteiger partial charge in [-0.1, -0.05) is 105 Å². The van der Waals surface area contributed by atoms with Crippen molar-refractivity contribution in [2.24, 2.45) is 0 Å². The monoisotopic (exact) mass is 464 g/mol. The van der Waals surface area contributed by atoms with E-state index in [1.165, 1.54) is 19.8 Å². The van der Waals surface area contributed by atoms with Crippen LogP contribution in [0.15, 0.2) is 60.7 Å². The molecule has 0 fully saturated rings. The summed E-state index contributed by atoms with van der Waals surface area (Å²) in [5, 5.41) is 1.18. The molecule has 172 valence electrons. The maximum absolute atomic E-state index is 12.7. The molecule has 2 rings (SSSR count). The fourth-order valence-corrected chi connectivity index (χ4v) is 10.4. The van der Waals surface area contributed by atoms with Crippen LogP contribution < -0.4 is 10.4 Å². The van der Waals surface area contributed by atoms with Crippen molar-refractivity contribution >= 4 is 35.1 Å². The molecular weight excluding hydrogens is 419 g/mol. The van der Waals surface area contributed by atoms with E-state index in [0.29, 0.717) is 10.4 Å². The highest BCUT2D eigenvalue weighted by Gasteiger charge is 2.43. The Bertz CT molecular complexity index is 637. The summed E-state index contributed by atoms with van der Waals surface area (Å²) >= 11 is 0. The Morgan fingerprint density at radius 1 is 0.655 bits per heavy atom. The third-order valence-electron chi connectivity index (χ3n) is 3.31. The molecule has 0 bridgehead atoms. The van der Waals surface area contributed by atoms with Crippen LogP contribution in [0.4, 0.5) is 0 Å². The summed E-state index contributed by atoms with van der Waals surface area (Å²) in [6.07, 6.45) is 0. The Labute approximate surface area is 182 Å². The van der Waals surface area contributed by atoms with Crippen LogP contribution >= 0.6 is 7.60 Å². The van der Waals surface area contributed by atoms with Crippen molar-refractivity contribution in [3.8, 4) is 0 Å². The molecule has 0 heterocycles. The number of hydrogen-bond donors (Lipinski definition) is 2. The fourth-order valence-electron chi connectivity index (χ4n) is 2.26. The van der Waals surface area contributed by atoms with Crippen LogP contribution in [-0.4, -0.2) is 33.4 Å². The van der Waals surface area contributed by atoms with Gasteiger partial charge in [-0.15, -0.1) is 0 Å². The van der Waals surface area contributed by atoms with E-state index >= 15 is 0 Å². The molecule has 2 aromatic carbocycles. The molecule has 5 nitrogen and oxygen atoms in total. The Kier molecular flexibility index (Phi) is 19.7. The zero-order valence-corrected chi connectivity index (χ0v) is 16.2. The first-order valence-electron chi connectivity index (χ1n) is 7.17. The van der Waals surface area contributed by atoms with Gasteiger partial charge in [0.15, 0.2) is 0 Å². The summed E-state index contributed by atoms with van der Waals surface area (Å²) in [4.78, 5) is 21.2. The smallest absolute Gasteiger partial charge is 0.374 e. The molecule has 0 saturated carbocycles. The molecule has 2 atom stereocenters. The lowest BCUT2D eigenvalue weighted by atomic mass is 10.4. The summed E-state index contributed by atoms with van der Waals surface area (Å²) in [6, 6.07) is 17.6. The molecule has 0 saturated heterocycles. The van der Waals surface area contributed by atoms with Gasteiger partial charge in [0.25, 0.3) is 0 Å². The molecular formula is C21H45O5PSi2. The van der Waals surface area contributed by atoms with E-state index in [-0.39, 0.29) is 44.6 Å². The number of benzene rings is 2. The summed E-state index contributed by atoms with van der Waals surface area (Å²) in [5.74, 6) is 0. The first kappa shape index (κ1) is 38.5. The van der Waals surface area contributed by atoms with Gasteiger partial charge < -0.3 is 18.0 Å². The van der Waals surface area contributed by atoms with Gasteiger partial charge in [0.1, 0.15) is 0 Å². The molecule has 2 N–H and O–H groups in total. The van der Waals surface area contributed by atoms with Crippen molar-refractivity contribution in [2.45, 2.75) is 57.7 Å². The van der Waals surface area contributed by atoms with Crippen molar-refractivity contribution in [1.29, 1.82) is 0 Å². The van der Waals surface area contributed by atoms with Crippen LogP contribution in [0, 0.1) is 0 Å². The standard InChI is InChI=1S/C15H21O5PSi2.6CH4/c1-21(16,19-22(2,17)14-10-6-4-7-11-14)20-23(3,18)15-12-8-5-9-13-15;;;;;;/h4-13,17-18H,1-3H3;6*1H4. The molecule has 8 heteroatoms. The molecule has 0 radical (unpaired) electrons. The topological polar surface area (TPSA) is 76.0 Å². The molecule has 0 aliphatic heterocycles.